The number of aromatic nitrogens is 2. The SMILES string of the molecule is CCC(C)(C)n1cc[c]n1. The lowest BCUT2D eigenvalue weighted by Crippen LogP contribution is -2.25. The van der Waals surface area contributed by atoms with Gasteiger partial charge in [-0.3, -0.25) is 4.68 Å². The average Bonchev–Trinajstić information content (AvgIpc) is 2.38. The molecule has 0 aromatic carbocycles. The number of nitrogens with zero attached hydrogens (tertiary/aromatic N) is 2. The zero-order valence-electron chi connectivity index (χ0n) is 6.76. The molecule has 0 saturated carbocycles. The van der Waals surface area contributed by atoms with Gasteiger partial charge in [-0.05, 0) is 26.3 Å². The Morgan fingerprint density at radius 2 is 2.30 bits per heavy atom. The summed E-state index contributed by atoms with van der Waals surface area (Å²) in [6.07, 6.45) is 5.82. The van der Waals surface area contributed by atoms with Crippen molar-refractivity contribution in [1.29, 1.82) is 0 Å². The van der Waals surface area contributed by atoms with Crippen molar-refractivity contribution in [3.63, 3.8) is 0 Å². The Hall–Kier alpha value is -0.790. The molecule has 2 nitrogen and oxygen atoms in total. The van der Waals surface area contributed by atoms with Gasteiger partial charge >= 0.3 is 0 Å². The smallest absolute Gasteiger partial charge is 0.113 e. The lowest BCUT2D eigenvalue weighted by molar-refractivity contribution is 0.307. The van der Waals surface area contributed by atoms with Gasteiger partial charge in [0, 0.05) is 6.20 Å². The number of rotatable bonds is 2. The highest BCUT2D eigenvalue weighted by molar-refractivity contribution is 4.83. The van der Waals surface area contributed by atoms with Gasteiger partial charge < -0.3 is 0 Å². The minimum absolute atomic E-state index is 0.139. The van der Waals surface area contributed by atoms with Crippen molar-refractivity contribution in [2.45, 2.75) is 32.7 Å². The van der Waals surface area contributed by atoms with Gasteiger partial charge in [0.05, 0.1) is 5.54 Å². The molecule has 2 heteroatoms. The molecule has 0 aliphatic rings. The summed E-state index contributed by atoms with van der Waals surface area (Å²) in [7, 11) is 0. The van der Waals surface area contributed by atoms with Crippen molar-refractivity contribution in [3.8, 4) is 0 Å². The van der Waals surface area contributed by atoms with Crippen LogP contribution in [0.1, 0.15) is 27.2 Å². The summed E-state index contributed by atoms with van der Waals surface area (Å²) in [5.74, 6) is 0. The summed E-state index contributed by atoms with van der Waals surface area (Å²) < 4.78 is 1.94. The molecular weight excluding hydrogens is 124 g/mol. The van der Waals surface area contributed by atoms with Gasteiger partial charge in [-0.2, -0.15) is 5.10 Å². The molecule has 0 aliphatic carbocycles. The maximum Gasteiger partial charge on any atom is 0.113 e. The van der Waals surface area contributed by atoms with Crippen LogP contribution in [0.5, 0.6) is 0 Å². The van der Waals surface area contributed by atoms with Crippen molar-refractivity contribution in [2.24, 2.45) is 0 Å². The van der Waals surface area contributed by atoms with E-state index in [1.54, 1.807) is 0 Å². The lowest BCUT2D eigenvalue weighted by Gasteiger charge is -2.22. The van der Waals surface area contributed by atoms with Crippen molar-refractivity contribution >= 4 is 0 Å². The van der Waals surface area contributed by atoms with Crippen molar-refractivity contribution < 1.29 is 0 Å². The molecule has 1 radical (unpaired) electrons. The van der Waals surface area contributed by atoms with Crippen LogP contribution in [-0.2, 0) is 5.54 Å². The number of hydrogen-bond acceptors (Lipinski definition) is 1. The van der Waals surface area contributed by atoms with E-state index >= 15 is 0 Å². The van der Waals surface area contributed by atoms with Gasteiger partial charge in [0.2, 0.25) is 0 Å². The Bertz CT molecular complexity index is 187. The maximum atomic E-state index is 4.05. The minimum atomic E-state index is 0.139. The molecule has 0 N–H and O–H groups in total. The molecule has 0 bridgehead atoms. The summed E-state index contributed by atoms with van der Waals surface area (Å²) in [5.41, 5.74) is 0.139. The largest absolute Gasteiger partial charge is 0.267 e. The standard InChI is InChI=1S/C8H13N2/c1-4-8(2,3)10-7-5-6-9-10/h5,7H,4H2,1-3H3. The van der Waals surface area contributed by atoms with E-state index in [2.05, 4.69) is 32.1 Å². The fourth-order valence-electron chi connectivity index (χ4n) is 0.732. The second kappa shape index (κ2) is 2.45. The third-order valence-electron chi connectivity index (χ3n) is 1.94. The molecule has 0 atom stereocenters. The van der Waals surface area contributed by atoms with Gasteiger partial charge in [-0.15, -0.1) is 0 Å². The topological polar surface area (TPSA) is 17.8 Å². The van der Waals surface area contributed by atoms with Gasteiger partial charge in [0.25, 0.3) is 0 Å². The molecule has 0 fully saturated rings. The van der Waals surface area contributed by atoms with Gasteiger partial charge in [-0.25, -0.2) is 0 Å². The highest BCUT2D eigenvalue weighted by atomic mass is 15.3. The molecule has 0 aliphatic heterocycles. The van der Waals surface area contributed by atoms with Crippen LogP contribution in [0.2, 0.25) is 0 Å². The first-order chi connectivity index (χ1) is 4.67. The third kappa shape index (κ3) is 1.20. The fourth-order valence-corrected chi connectivity index (χ4v) is 0.732. The van der Waals surface area contributed by atoms with E-state index in [0.717, 1.165) is 6.42 Å². The first-order valence-electron chi connectivity index (χ1n) is 3.59. The van der Waals surface area contributed by atoms with Gasteiger partial charge in [0.15, 0.2) is 0 Å². The molecule has 1 aromatic rings. The first kappa shape index (κ1) is 7.32. The molecular formula is C8H13N2. The van der Waals surface area contributed by atoms with E-state index in [9.17, 15) is 0 Å². The van der Waals surface area contributed by atoms with Crippen molar-refractivity contribution in [3.05, 3.63) is 18.5 Å². The minimum Gasteiger partial charge on any atom is -0.267 e. The lowest BCUT2D eigenvalue weighted by atomic mass is 10.0. The molecule has 0 spiro atoms. The quantitative estimate of drug-likeness (QED) is 0.608. The molecule has 10 heavy (non-hydrogen) atoms. The maximum absolute atomic E-state index is 4.05. The Morgan fingerprint density at radius 1 is 1.60 bits per heavy atom. The summed E-state index contributed by atoms with van der Waals surface area (Å²) in [4.78, 5) is 0. The molecule has 55 valence electrons. The van der Waals surface area contributed by atoms with E-state index < -0.39 is 0 Å². The Labute approximate surface area is 61.9 Å². The molecule has 1 rings (SSSR count). The third-order valence-corrected chi connectivity index (χ3v) is 1.94. The Morgan fingerprint density at radius 3 is 2.70 bits per heavy atom. The molecule has 0 unspecified atom stereocenters. The molecule has 1 aromatic heterocycles. The summed E-state index contributed by atoms with van der Waals surface area (Å²) in [5, 5.41) is 4.05. The van der Waals surface area contributed by atoms with Crippen LogP contribution in [0.15, 0.2) is 12.3 Å². The van der Waals surface area contributed by atoms with E-state index in [1.807, 2.05) is 16.9 Å². The van der Waals surface area contributed by atoms with E-state index in [0.29, 0.717) is 0 Å². The van der Waals surface area contributed by atoms with Gasteiger partial charge in [-0.1, -0.05) is 6.92 Å². The predicted octanol–water partition coefficient (Wildman–Crippen LogP) is 1.83. The van der Waals surface area contributed by atoms with Crippen LogP contribution < -0.4 is 0 Å². The van der Waals surface area contributed by atoms with E-state index in [4.69, 9.17) is 0 Å². The number of hydrogen-bond donors (Lipinski definition) is 0. The molecule has 0 saturated heterocycles. The Balaban J connectivity index is 2.85. The van der Waals surface area contributed by atoms with Crippen molar-refractivity contribution in [1.82, 2.24) is 9.78 Å². The first-order valence-corrected chi connectivity index (χ1v) is 3.59. The van der Waals surface area contributed by atoms with Crippen LogP contribution in [0, 0.1) is 6.20 Å². The van der Waals surface area contributed by atoms with Crippen LogP contribution >= 0.6 is 0 Å². The fraction of sp³-hybridized carbons (Fsp3) is 0.625. The van der Waals surface area contributed by atoms with Crippen molar-refractivity contribution in [2.75, 3.05) is 0 Å². The highest BCUT2D eigenvalue weighted by Crippen LogP contribution is 2.16. The zero-order chi connectivity index (χ0) is 7.61. The summed E-state index contributed by atoms with van der Waals surface area (Å²) in [6.45, 7) is 6.48. The van der Waals surface area contributed by atoms with Gasteiger partial charge in [0.1, 0.15) is 6.20 Å². The van der Waals surface area contributed by atoms with Crippen LogP contribution in [0.25, 0.3) is 0 Å². The Kier molecular flexibility index (Phi) is 1.79. The highest BCUT2D eigenvalue weighted by Gasteiger charge is 2.16. The zero-order valence-corrected chi connectivity index (χ0v) is 6.76. The normalized spacial score (nSPS) is 11.9. The second-order valence-corrected chi connectivity index (χ2v) is 3.06. The molecule has 0 amide bonds. The van der Waals surface area contributed by atoms with Crippen LogP contribution in [0.4, 0.5) is 0 Å². The van der Waals surface area contributed by atoms with Crippen LogP contribution in [-0.4, -0.2) is 9.78 Å². The van der Waals surface area contributed by atoms with Crippen LogP contribution in [0.3, 0.4) is 0 Å². The summed E-state index contributed by atoms with van der Waals surface area (Å²) in [6, 6.07) is 1.83. The summed E-state index contributed by atoms with van der Waals surface area (Å²) >= 11 is 0. The average molecular weight is 137 g/mol. The second-order valence-electron chi connectivity index (χ2n) is 3.06. The molecule has 1 heterocycles. The predicted molar refractivity (Wildman–Crippen MR) is 40.7 cm³/mol. The van der Waals surface area contributed by atoms with E-state index in [1.165, 1.54) is 0 Å². The van der Waals surface area contributed by atoms with E-state index in [-0.39, 0.29) is 5.54 Å². The monoisotopic (exact) mass is 137 g/mol.